The number of rotatable bonds is 4. The van der Waals surface area contributed by atoms with Gasteiger partial charge in [0.25, 0.3) is 5.91 Å². The number of hydrogen-bond donors (Lipinski definition) is 0. The molecule has 1 aliphatic rings. The molecule has 1 aliphatic heterocycles. The number of ether oxygens (including phenoxy) is 1. The van der Waals surface area contributed by atoms with E-state index in [2.05, 4.69) is 25.1 Å². The highest BCUT2D eigenvalue weighted by Gasteiger charge is 2.31. The monoisotopic (exact) mass is 386 g/mol. The number of aryl methyl sites for hydroxylation is 2. The zero-order valence-corrected chi connectivity index (χ0v) is 15.8. The fraction of sp³-hybridized carbons (Fsp3) is 0.412. The quantitative estimate of drug-likeness (QED) is 0.671. The van der Waals surface area contributed by atoms with Crippen molar-refractivity contribution in [1.29, 1.82) is 0 Å². The minimum atomic E-state index is -0.391. The molecule has 0 spiro atoms. The first kappa shape index (κ1) is 17.7. The minimum Gasteiger partial charge on any atom is -0.368 e. The van der Waals surface area contributed by atoms with E-state index < -0.39 is 6.10 Å². The topological polar surface area (TPSA) is 107 Å². The second-order valence-electron chi connectivity index (χ2n) is 6.06. The molecule has 0 radical (unpaired) electrons. The summed E-state index contributed by atoms with van der Waals surface area (Å²) in [5, 5.41) is 4.01. The van der Waals surface area contributed by atoms with Crippen LogP contribution in [0.25, 0.3) is 11.4 Å². The van der Waals surface area contributed by atoms with E-state index in [0.717, 1.165) is 5.69 Å². The molecule has 27 heavy (non-hydrogen) atoms. The number of amides is 1. The molecule has 1 amide bonds. The van der Waals surface area contributed by atoms with Crippen LogP contribution in [0, 0.1) is 6.92 Å². The van der Waals surface area contributed by atoms with Crippen molar-refractivity contribution in [3.05, 3.63) is 40.2 Å². The SMILES string of the molecule is CCc1nc(-c2cncnc2C2CN(C(=O)c3scnc3C)CCO2)no1. The Bertz CT molecular complexity index is 956. The predicted molar refractivity (Wildman–Crippen MR) is 96.1 cm³/mol. The van der Waals surface area contributed by atoms with E-state index in [-0.39, 0.29) is 5.91 Å². The molecule has 1 fully saturated rings. The smallest absolute Gasteiger partial charge is 0.266 e. The summed E-state index contributed by atoms with van der Waals surface area (Å²) in [5.41, 5.74) is 3.72. The zero-order valence-electron chi connectivity index (χ0n) is 15.0. The minimum absolute atomic E-state index is 0.0354. The van der Waals surface area contributed by atoms with E-state index in [1.807, 2.05) is 13.8 Å². The van der Waals surface area contributed by atoms with Crippen LogP contribution in [-0.4, -0.2) is 55.6 Å². The van der Waals surface area contributed by atoms with Gasteiger partial charge in [0, 0.05) is 19.2 Å². The number of morpholine rings is 1. The number of thiazole rings is 1. The molecule has 1 saturated heterocycles. The van der Waals surface area contributed by atoms with Gasteiger partial charge in [-0.1, -0.05) is 12.1 Å². The molecule has 0 saturated carbocycles. The van der Waals surface area contributed by atoms with Gasteiger partial charge in [-0.05, 0) is 6.92 Å². The van der Waals surface area contributed by atoms with Crippen molar-refractivity contribution in [2.45, 2.75) is 26.4 Å². The largest absolute Gasteiger partial charge is 0.368 e. The number of carbonyl (C=O) groups excluding carboxylic acids is 1. The average Bonchev–Trinajstić information content (AvgIpc) is 3.36. The highest BCUT2D eigenvalue weighted by molar-refractivity contribution is 7.11. The maximum absolute atomic E-state index is 12.8. The van der Waals surface area contributed by atoms with E-state index in [0.29, 0.717) is 54.0 Å². The van der Waals surface area contributed by atoms with E-state index in [1.54, 1.807) is 16.6 Å². The maximum Gasteiger partial charge on any atom is 0.266 e. The number of aromatic nitrogens is 5. The lowest BCUT2D eigenvalue weighted by Crippen LogP contribution is -2.42. The molecule has 10 heteroatoms. The Hall–Kier alpha value is -2.72. The van der Waals surface area contributed by atoms with Crippen molar-refractivity contribution >= 4 is 17.2 Å². The second kappa shape index (κ2) is 7.49. The van der Waals surface area contributed by atoms with Crippen LogP contribution in [0.15, 0.2) is 22.6 Å². The van der Waals surface area contributed by atoms with Crippen LogP contribution in [0.5, 0.6) is 0 Å². The first-order valence-corrected chi connectivity index (χ1v) is 9.49. The molecule has 1 unspecified atom stereocenters. The van der Waals surface area contributed by atoms with Crippen molar-refractivity contribution in [1.82, 2.24) is 30.0 Å². The first-order chi connectivity index (χ1) is 13.2. The summed E-state index contributed by atoms with van der Waals surface area (Å²) in [4.78, 5) is 32.2. The predicted octanol–water partition coefficient (Wildman–Crippen LogP) is 2.07. The van der Waals surface area contributed by atoms with Crippen LogP contribution >= 0.6 is 11.3 Å². The van der Waals surface area contributed by atoms with E-state index in [4.69, 9.17) is 9.26 Å². The van der Waals surface area contributed by atoms with Gasteiger partial charge < -0.3 is 14.2 Å². The van der Waals surface area contributed by atoms with Crippen LogP contribution in [0.2, 0.25) is 0 Å². The average molecular weight is 386 g/mol. The number of nitrogens with zero attached hydrogens (tertiary/aromatic N) is 6. The third-order valence-corrected chi connectivity index (χ3v) is 5.27. The van der Waals surface area contributed by atoms with Gasteiger partial charge >= 0.3 is 0 Å². The molecule has 3 aromatic heterocycles. The van der Waals surface area contributed by atoms with Crippen LogP contribution in [-0.2, 0) is 11.2 Å². The normalized spacial score (nSPS) is 17.3. The Morgan fingerprint density at radius 3 is 3.04 bits per heavy atom. The second-order valence-corrected chi connectivity index (χ2v) is 6.92. The van der Waals surface area contributed by atoms with Gasteiger partial charge in [-0.2, -0.15) is 4.98 Å². The molecule has 0 N–H and O–H groups in total. The molecule has 1 atom stereocenters. The Morgan fingerprint density at radius 2 is 2.30 bits per heavy atom. The molecular weight excluding hydrogens is 368 g/mol. The number of carbonyl (C=O) groups is 1. The summed E-state index contributed by atoms with van der Waals surface area (Å²) in [7, 11) is 0. The van der Waals surface area contributed by atoms with E-state index in [9.17, 15) is 4.79 Å². The molecule has 0 aromatic carbocycles. The lowest BCUT2D eigenvalue weighted by atomic mass is 10.1. The molecule has 140 valence electrons. The van der Waals surface area contributed by atoms with E-state index in [1.165, 1.54) is 17.7 Å². The van der Waals surface area contributed by atoms with Crippen molar-refractivity contribution in [3.8, 4) is 11.4 Å². The molecule has 0 aliphatic carbocycles. The summed E-state index contributed by atoms with van der Waals surface area (Å²) >= 11 is 1.35. The summed E-state index contributed by atoms with van der Waals surface area (Å²) in [6.45, 7) is 5.11. The Labute approximate surface area is 159 Å². The first-order valence-electron chi connectivity index (χ1n) is 8.61. The highest BCUT2D eigenvalue weighted by Crippen LogP contribution is 2.29. The van der Waals surface area contributed by atoms with Crippen LogP contribution < -0.4 is 0 Å². The third kappa shape index (κ3) is 3.45. The van der Waals surface area contributed by atoms with Crippen molar-refractivity contribution in [2.75, 3.05) is 19.7 Å². The maximum atomic E-state index is 12.8. The van der Waals surface area contributed by atoms with Gasteiger partial charge in [-0.15, -0.1) is 11.3 Å². The fourth-order valence-electron chi connectivity index (χ4n) is 2.93. The molecule has 9 nitrogen and oxygen atoms in total. The highest BCUT2D eigenvalue weighted by atomic mass is 32.1. The molecule has 4 rings (SSSR count). The summed E-state index contributed by atoms with van der Waals surface area (Å²) in [5.74, 6) is 0.932. The summed E-state index contributed by atoms with van der Waals surface area (Å²) in [6, 6.07) is 0. The van der Waals surface area contributed by atoms with Crippen molar-refractivity contribution in [3.63, 3.8) is 0 Å². The van der Waals surface area contributed by atoms with Crippen molar-refractivity contribution < 1.29 is 14.1 Å². The van der Waals surface area contributed by atoms with Gasteiger partial charge in [-0.3, -0.25) is 4.79 Å². The van der Waals surface area contributed by atoms with Gasteiger partial charge in [0.05, 0.1) is 35.6 Å². The lowest BCUT2D eigenvalue weighted by Gasteiger charge is -2.32. The van der Waals surface area contributed by atoms with E-state index >= 15 is 0 Å². The molecular formula is C17H18N6O3S. The van der Waals surface area contributed by atoms with Crippen LogP contribution in [0.3, 0.4) is 0 Å². The van der Waals surface area contributed by atoms with Crippen LogP contribution in [0.4, 0.5) is 0 Å². The Kier molecular flexibility index (Phi) is 4.90. The van der Waals surface area contributed by atoms with Gasteiger partial charge in [-0.25, -0.2) is 15.0 Å². The van der Waals surface area contributed by atoms with Gasteiger partial charge in [0.1, 0.15) is 17.3 Å². The zero-order chi connectivity index (χ0) is 18.8. The molecule has 4 heterocycles. The molecule has 3 aromatic rings. The third-order valence-electron chi connectivity index (χ3n) is 4.35. The van der Waals surface area contributed by atoms with Crippen LogP contribution in [0.1, 0.15) is 40.0 Å². The number of hydrogen-bond acceptors (Lipinski definition) is 9. The summed E-state index contributed by atoms with van der Waals surface area (Å²) < 4.78 is 11.1. The molecule has 0 bridgehead atoms. The summed E-state index contributed by atoms with van der Waals surface area (Å²) in [6.07, 6.45) is 3.35. The van der Waals surface area contributed by atoms with Crippen molar-refractivity contribution in [2.24, 2.45) is 0 Å². The fourth-order valence-corrected chi connectivity index (χ4v) is 3.70. The Balaban J connectivity index is 1.60. The standard InChI is InChI=1S/C17H18N6O3S/c1-3-13-21-16(22-26-13)11-6-18-8-19-14(11)12-7-23(4-5-25-12)17(24)15-10(2)20-9-27-15/h6,8-9,12H,3-5,7H2,1-2H3. The van der Waals surface area contributed by atoms with Gasteiger partial charge in [0.15, 0.2) is 0 Å². The Morgan fingerprint density at radius 1 is 1.41 bits per heavy atom. The van der Waals surface area contributed by atoms with Gasteiger partial charge in [0.2, 0.25) is 11.7 Å². The lowest BCUT2D eigenvalue weighted by molar-refractivity contribution is -0.0244.